The number of fused-ring (bicyclic) bond motifs is 6. The lowest BCUT2D eigenvalue weighted by molar-refractivity contribution is 1.17. The Morgan fingerprint density at radius 3 is 1.52 bits per heavy atom. The number of rotatable bonds is 6. The lowest BCUT2D eigenvalue weighted by atomic mass is 9.86. The number of hydrogen-bond acceptors (Lipinski definition) is 3. The van der Waals surface area contributed by atoms with Gasteiger partial charge in [0.15, 0.2) is 0 Å². The van der Waals surface area contributed by atoms with Gasteiger partial charge in [-0.25, -0.2) is 0 Å². The van der Waals surface area contributed by atoms with Crippen LogP contribution in [0.3, 0.4) is 0 Å². The Morgan fingerprint density at radius 2 is 0.852 bits per heavy atom. The molecule has 0 N–H and O–H groups in total. The van der Waals surface area contributed by atoms with Crippen LogP contribution in [0.1, 0.15) is 0 Å². The molecule has 0 amide bonds. The molecule has 0 aliphatic carbocycles. The van der Waals surface area contributed by atoms with Gasteiger partial charge >= 0.3 is 0 Å². The molecule has 61 heavy (non-hydrogen) atoms. The van der Waals surface area contributed by atoms with E-state index in [0.29, 0.717) is 0 Å². The Balaban J connectivity index is 0.934. The van der Waals surface area contributed by atoms with Crippen molar-refractivity contribution in [2.75, 3.05) is 0 Å². The van der Waals surface area contributed by atoms with Crippen LogP contribution in [0.4, 0.5) is 0 Å². The van der Waals surface area contributed by atoms with E-state index in [9.17, 15) is 0 Å². The van der Waals surface area contributed by atoms with Crippen molar-refractivity contribution in [1.82, 2.24) is 19.5 Å². The number of hydrogen-bond donors (Lipinski definition) is 0. The highest BCUT2D eigenvalue weighted by Crippen LogP contribution is 2.44. The highest BCUT2D eigenvalue weighted by atomic mass is 15.0. The van der Waals surface area contributed by atoms with E-state index >= 15 is 0 Å². The molecular weight excluding hydrogens is 741 g/mol. The van der Waals surface area contributed by atoms with Crippen LogP contribution in [0, 0.1) is 0 Å². The number of nitrogens with zero attached hydrogens (tertiary/aromatic N) is 4. The van der Waals surface area contributed by atoms with Crippen molar-refractivity contribution in [3.8, 4) is 61.6 Å². The fraction of sp³-hybridized carbons (Fsp3) is 0. The first-order valence-electron chi connectivity index (χ1n) is 20.7. The fourth-order valence-corrected chi connectivity index (χ4v) is 9.31. The third-order valence-electron chi connectivity index (χ3n) is 12.1. The minimum absolute atomic E-state index is 0.824. The van der Waals surface area contributed by atoms with Crippen molar-refractivity contribution in [2.24, 2.45) is 0 Å². The largest absolute Gasteiger partial charge is 0.308 e. The fourth-order valence-electron chi connectivity index (χ4n) is 9.31. The van der Waals surface area contributed by atoms with Gasteiger partial charge in [-0.05, 0) is 114 Å². The van der Waals surface area contributed by atoms with E-state index in [4.69, 9.17) is 9.97 Å². The van der Waals surface area contributed by atoms with Gasteiger partial charge in [0.05, 0.1) is 28.6 Å². The monoisotopic (exact) mass is 776 g/mol. The Labute approximate surface area is 352 Å². The summed E-state index contributed by atoms with van der Waals surface area (Å²) in [6.07, 6.45) is 7.81. The summed E-state index contributed by atoms with van der Waals surface area (Å²) in [5, 5.41) is 9.72. The molecule has 4 heterocycles. The third kappa shape index (κ3) is 5.88. The quantitative estimate of drug-likeness (QED) is 0.158. The molecule has 4 heteroatoms. The van der Waals surface area contributed by atoms with Gasteiger partial charge in [-0.3, -0.25) is 15.0 Å². The van der Waals surface area contributed by atoms with E-state index in [-0.39, 0.29) is 0 Å². The van der Waals surface area contributed by atoms with E-state index in [1.54, 1.807) is 0 Å². The maximum absolute atomic E-state index is 5.04. The minimum Gasteiger partial charge on any atom is -0.308 e. The van der Waals surface area contributed by atoms with Crippen LogP contribution >= 0.6 is 0 Å². The van der Waals surface area contributed by atoms with E-state index in [1.807, 2.05) is 24.8 Å². The van der Waals surface area contributed by atoms with Gasteiger partial charge in [-0.2, -0.15) is 0 Å². The molecule has 0 aliphatic rings. The van der Waals surface area contributed by atoms with Crippen LogP contribution < -0.4 is 0 Å². The van der Waals surface area contributed by atoms with E-state index in [0.717, 1.165) is 55.9 Å². The zero-order valence-corrected chi connectivity index (χ0v) is 33.1. The van der Waals surface area contributed by atoms with Crippen molar-refractivity contribution in [3.63, 3.8) is 0 Å². The molecule has 0 radical (unpaired) electrons. The van der Waals surface area contributed by atoms with Crippen LogP contribution in [0.25, 0.3) is 116 Å². The first-order valence-corrected chi connectivity index (χ1v) is 20.7. The van der Waals surface area contributed by atoms with E-state index in [1.165, 1.54) is 59.8 Å². The third-order valence-corrected chi connectivity index (χ3v) is 12.1. The molecular formula is C57H36N4. The topological polar surface area (TPSA) is 43.6 Å². The van der Waals surface area contributed by atoms with E-state index < -0.39 is 0 Å². The Hall–Kier alpha value is -8.21. The zero-order valence-electron chi connectivity index (χ0n) is 33.1. The standard InChI is InChI=1S/C57H36N4/c1-2-12-37(13-3-1)43-31-44(33-45(32-43)61-54-21-11-10-16-46(54)47-28-29-58-36-55(47)61)41-24-26-52(59-34-41)53-27-25-42(35-60-53)57-50-19-8-6-17-48(50)56(49-18-7-9-20-51(49)57)40-23-22-38-14-4-5-15-39(38)30-40/h1-36H. The summed E-state index contributed by atoms with van der Waals surface area (Å²) in [5.74, 6) is 0. The van der Waals surface area contributed by atoms with Crippen molar-refractivity contribution in [2.45, 2.75) is 0 Å². The predicted molar refractivity (Wildman–Crippen MR) is 254 cm³/mol. The Morgan fingerprint density at radius 1 is 0.311 bits per heavy atom. The normalized spacial score (nSPS) is 11.6. The first kappa shape index (κ1) is 34.8. The lowest BCUT2D eigenvalue weighted by Gasteiger charge is -2.18. The average molecular weight is 777 g/mol. The Kier molecular flexibility index (Phi) is 8.13. The SMILES string of the molecule is c1ccc(-c2cc(-c3ccc(-c4ccc(-c5c6ccccc6c(-c6ccc7ccccc7c6)c6ccccc56)cn4)nc3)cc(-n3c4ccccc4c4ccncc43)c2)cc1. The minimum atomic E-state index is 0.824. The number of para-hydroxylation sites is 1. The molecule has 12 aromatic rings. The molecule has 8 aromatic carbocycles. The number of aromatic nitrogens is 4. The summed E-state index contributed by atoms with van der Waals surface area (Å²) in [7, 11) is 0. The van der Waals surface area contributed by atoms with Gasteiger partial charge < -0.3 is 4.57 Å². The van der Waals surface area contributed by atoms with E-state index in [2.05, 4.69) is 204 Å². The first-order chi connectivity index (χ1) is 30.2. The highest BCUT2D eigenvalue weighted by molar-refractivity contribution is 6.21. The van der Waals surface area contributed by atoms with Gasteiger partial charge in [0.2, 0.25) is 0 Å². The van der Waals surface area contributed by atoms with Crippen molar-refractivity contribution in [1.29, 1.82) is 0 Å². The molecule has 0 fully saturated rings. The van der Waals surface area contributed by atoms with Gasteiger partial charge in [-0.1, -0.05) is 146 Å². The summed E-state index contributed by atoms with van der Waals surface area (Å²) >= 11 is 0. The molecule has 0 bridgehead atoms. The molecule has 4 aromatic heterocycles. The molecule has 0 saturated carbocycles. The molecule has 0 spiro atoms. The zero-order chi connectivity index (χ0) is 40.3. The van der Waals surface area contributed by atoms with Crippen molar-refractivity contribution >= 4 is 54.1 Å². The van der Waals surface area contributed by atoms with Crippen LogP contribution in [-0.2, 0) is 0 Å². The highest BCUT2D eigenvalue weighted by Gasteiger charge is 2.18. The second kappa shape index (κ2) is 14.3. The van der Waals surface area contributed by atoms with Gasteiger partial charge in [0.1, 0.15) is 0 Å². The van der Waals surface area contributed by atoms with Gasteiger partial charge in [0, 0.05) is 46.2 Å². The summed E-state index contributed by atoms with van der Waals surface area (Å²) in [4.78, 5) is 14.6. The maximum Gasteiger partial charge on any atom is 0.0886 e. The average Bonchev–Trinajstić information content (AvgIpc) is 3.68. The molecule has 0 atom stereocenters. The number of benzene rings is 8. The van der Waals surface area contributed by atoms with Crippen LogP contribution in [0.15, 0.2) is 219 Å². The maximum atomic E-state index is 5.04. The summed E-state index contributed by atoms with van der Waals surface area (Å²) in [6, 6.07) is 69.5. The molecule has 4 nitrogen and oxygen atoms in total. The number of pyridine rings is 3. The van der Waals surface area contributed by atoms with Crippen LogP contribution in [-0.4, -0.2) is 19.5 Å². The summed E-state index contributed by atoms with van der Waals surface area (Å²) in [6.45, 7) is 0. The molecule has 0 saturated heterocycles. The molecule has 12 rings (SSSR count). The van der Waals surface area contributed by atoms with Crippen LogP contribution in [0.5, 0.6) is 0 Å². The predicted octanol–water partition coefficient (Wildman–Crippen LogP) is 14.8. The summed E-state index contributed by atoms with van der Waals surface area (Å²) < 4.78 is 2.32. The van der Waals surface area contributed by atoms with Crippen molar-refractivity contribution in [3.05, 3.63) is 219 Å². The smallest absolute Gasteiger partial charge is 0.0886 e. The van der Waals surface area contributed by atoms with Crippen LogP contribution in [0.2, 0.25) is 0 Å². The second-order valence-corrected chi connectivity index (χ2v) is 15.6. The molecule has 284 valence electrons. The summed E-state index contributed by atoms with van der Waals surface area (Å²) in [5.41, 5.74) is 14.1. The van der Waals surface area contributed by atoms with Crippen molar-refractivity contribution < 1.29 is 0 Å². The van der Waals surface area contributed by atoms with Gasteiger partial charge in [0.25, 0.3) is 0 Å². The molecule has 0 aliphatic heterocycles. The van der Waals surface area contributed by atoms with Gasteiger partial charge in [-0.15, -0.1) is 0 Å². The Bertz CT molecular complexity index is 3510. The lowest BCUT2D eigenvalue weighted by Crippen LogP contribution is -1.96. The second-order valence-electron chi connectivity index (χ2n) is 15.6. The molecule has 0 unspecified atom stereocenters.